The topological polar surface area (TPSA) is 157 Å². The number of methoxy groups -OCH3 is 1. The molecule has 0 spiro atoms. The van der Waals surface area contributed by atoms with Crippen LogP contribution in [0.25, 0.3) is 0 Å². The number of rotatable bonds is 7. The average Bonchev–Trinajstić information content (AvgIpc) is 3.48. The zero-order valence-corrected chi connectivity index (χ0v) is 32.8. The van der Waals surface area contributed by atoms with Crippen molar-refractivity contribution < 1.29 is 78.1 Å². The number of phenols is 2. The summed E-state index contributed by atoms with van der Waals surface area (Å²) in [4.78, 5) is 30.1. The van der Waals surface area contributed by atoms with E-state index in [4.69, 9.17) is 14.2 Å². The SMILES string of the molecule is COc1c(C)cc2c(c1O)[C@@H]1C3Cc4c(O)c(C)c5c(c4[C@H](CNC(=O)[C@@H](C)NC(=O)CC(C)C)N3[C@@H](C#N)[C@H](C2)N1C)OCO5.[Ac]. The molecule has 6 atom stereocenters. The number of likely N-dealkylation sites (N-methyl/N-ethyl adjacent to an activating group) is 1. The molecule has 6 rings (SSSR count). The number of amides is 2. The van der Waals surface area contributed by atoms with Gasteiger partial charge in [-0.05, 0) is 57.7 Å². The molecule has 1 radical (unpaired) electrons. The maximum Gasteiger partial charge on any atom is 0.242 e. The van der Waals surface area contributed by atoms with Crippen molar-refractivity contribution >= 4 is 11.8 Å². The number of carbonyl (C=O) groups is 2. The first kappa shape index (κ1) is 35.5. The maximum absolute atomic E-state index is 13.4. The number of fused-ring (bicyclic) bond motifs is 9. The van der Waals surface area contributed by atoms with E-state index in [9.17, 15) is 25.1 Å². The van der Waals surface area contributed by atoms with Crippen LogP contribution in [0.1, 0.15) is 72.7 Å². The van der Waals surface area contributed by atoms with Gasteiger partial charge in [0.15, 0.2) is 23.0 Å². The van der Waals surface area contributed by atoms with Crippen molar-refractivity contribution in [2.24, 2.45) is 5.92 Å². The van der Waals surface area contributed by atoms with E-state index in [1.807, 2.05) is 33.9 Å². The molecule has 13 heteroatoms. The standard InChI is InChI=1S/C34H43N5O7.Ac/c1-15(2)8-25(40)37-18(5)34(43)36-13-24-27-20(29(41)17(4)32-33(27)46-14-45-32)11-22-28-26-19(9-16(3)31(44-7)30(26)42)10-21(38(28)6)23(12-35)39(22)24;/h9,15,18,21-24,28,41-42H,8,10-11,13-14H2,1-7H3,(H,36,43)(H,37,40);/t18-,21+,22?,23+,24+,28+;/m1./s1. The Bertz CT molecular complexity index is 1640. The van der Waals surface area contributed by atoms with Crippen molar-refractivity contribution in [3.05, 3.63) is 39.4 Å². The van der Waals surface area contributed by atoms with Crippen molar-refractivity contribution in [3.63, 3.8) is 0 Å². The zero-order chi connectivity index (χ0) is 33.2. The largest absolute Gasteiger partial charge is 0.507 e. The number of nitrogens with zero attached hydrogens (tertiary/aromatic N) is 3. The van der Waals surface area contributed by atoms with E-state index in [0.29, 0.717) is 53.2 Å². The number of aromatic hydroxyl groups is 2. The molecule has 4 N–H and O–H groups in total. The van der Waals surface area contributed by atoms with Crippen LogP contribution in [0, 0.1) is 75.2 Å². The first-order valence-corrected chi connectivity index (χ1v) is 15.9. The van der Waals surface area contributed by atoms with E-state index in [-0.39, 0.29) is 105 Å². The Morgan fingerprint density at radius 1 is 1.11 bits per heavy atom. The second kappa shape index (κ2) is 13.6. The Kier molecular flexibility index (Phi) is 10.3. The third kappa shape index (κ3) is 5.83. The summed E-state index contributed by atoms with van der Waals surface area (Å²) in [6, 6.07) is 1.72. The smallest absolute Gasteiger partial charge is 0.242 e. The molecule has 4 aliphatic heterocycles. The first-order valence-electron chi connectivity index (χ1n) is 15.9. The average molecular weight is 861 g/mol. The van der Waals surface area contributed by atoms with Crippen molar-refractivity contribution in [1.29, 1.82) is 5.26 Å². The van der Waals surface area contributed by atoms with Crippen molar-refractivity contribution in [2.45, 2.75) is 90.1 Å². The van der Waals surface area contributed by atoms with E-state index >= 15 is 0 Å². The van der Waals surface area contributed by atoms with Gasteiger partial charge in [0.25, 0.3) is 0 Å². The van der Waals surface area contributed by atoms with E-state index in [0.717, 1.165) is 16.7 Å². The van der Waals surface area contributed by atoms with E-state index in [2.05, 4.69) is 26.5 Å². The Morgan fingerprint density at radius 2 is 1.81 bits per heavy atom. The fraction of sp³-hybridized carbons (Fsp3) is 0.559. The number of aryl methyl sites for hydroxylation is 1. The van der Waals surface area contributed by atoms with Gasteiger partial charge in [0.05, 0.1) is 25.3 Å². The number of benzene rings is 2. The predicted octanol–water partition coefficient (Wildman–Crippen LogP) is 2.89. The third-order valence-electron chi connectivity index (χ3n) is 10.1. The fourth-order valence-electron chi connectivity index (χ4n) is 8.13. The quantitative estimate of drug-likeness (QED) is 0.327. The van der Waals surface area contributed by atoms with Gasteiger partial charge in [-0.3, -0.25) is 19.4 Å². The van der Waals surface area contributed by atoms with Crippen LogP contribution in [0.3, 0.4) is 0 Å². The van der Waals surface area contributed by atoms with Gasteiger partial charge in [0.2, 0.25) is 18.6 Å². The minimum Gasteiger partial charge on any atom is -0.507 e. The molecule has 0 saturated carbocycles. The van der Waals surface area contributed by atoms with Gasteiger partial charge in [-0.1, -0.05) is 19.9 Å². The minimum atomic E-state index is -0.778. The summed E-state index contributed by atoms with van der Waals surface area (Å²) in [5.74, 6) is 1.12. The van der Waals surface area contributed by atoms with E-state index in [1.165, 1.54) is 7.11 Å². The number of carbonyl (C=O) groups excluding carboxylic acids is 2. The molecule has 0 aromatic heterocycles. The molecule has 1 saturated heterocycles. The molecule has 2 aromatic rings. The fourth-order valence-corrected chi connectivity index (χ4v) is 8.13. The summed E-state index contributed by atoms with van der Waals surface area (Å²) in [6.45, 7) is 9.27. The minimum absolute atomic E-state index is 0. The number of nitriles is 1. The van der Waals surface area contributed by atoms with Crippen LogP contribution in [-0.2, 0) is 22.4 Å². The van der Waals surface area contributed by atoms with Gasteiger partial charge in [-0.15, -0.1) is 0 Å². The summed E-state index contributed by atoms with van der Waals surface area (Å²) in [6.07, 6.45) is 1.20. The summed E-state index contributed by atoms with van der Waals surface area (Å²) in [7, 11) is 3.51. The summed E-state index contributed by atoms with van der Waals surface area (Å²) in [5, 5.41) is 39.8. The molecule has 1 unspecified atom stereocenters. The van der Waals surface area contributed by atoms with Crippen LogP contribution in [0.4, 0.5) is 0 Å². The van der Waals surface area contributed by atoms with Crippen molar-refractivity contribution in [3.8, 4) is 34.8 Å². The van der Waals surface area contributed by atoms with E-state index < -0.39 is 18.1 Å². The first-order chi connectivity index (χ1) is 21.9. The zero-order valence-electron chi connectivity index (χ0n) is 28.0. The van der Waals surface area contributed by atoms with Crippen LogP contribution in [0.15, 0.2) is 6.07 Å². The second-order valence-electron chi connectivity index (χ2n) is 13.4. The van der Waals surface area contributed by atoms with Crippen LogP contribution >= 0.6 is 0 Å². The summed E-state index contributed by atoms with van der Waals surface area (Å²) >= 11 is 0. The number of piperazine rings is 1. The number of nitrogens with one attached hydrogen (secondary N) is 2. The molecular formula is C34H43AcN5O7. The van der Waals surface area contributed by atoms with Gasteiger partial charge >= 0.3 is 0 Å². The van der Waals surface area contributed by atoms with Crippen molar-refractivity contribution in [2.75, 3.05) is 27.5 Å². The number of hydrogen-bond donors (Lipinski definition) is 4. The molecule has 47 heavy (non-hydrogen) atoms. The van der Waals surface area contributed by atoms with Crippen LogP contribution in [0.5, 0.6) is 28.7 Å². The summed E-state index contributed by atoms with van der Waals surface area (Å²) in [5.41, 5.74) is 4.44. The Morgan fingerprint density at radius 3 is 2.47 bits per heavy atom. The Balaban J connectivity index is 0.00000433. The normalized spacial score (nSPS) is 24.6. The monoisotopic (exact) mass is 860 g/mol. The maximum atomic E-state index is 13.4. The molecule has 12 nitrogen and oxygen atoms in total. The molecule has 2 bridgehead atoms. The molecule has 1 fully saturated rings. The van der Waals surface area contributed by atoms with Gasteiger partial charge in [-0.2, -0.15) is 5.26 Å². The molecular weight excluding hydrogens is 817 g/mol. The summed E-state index contributed by atoms with van der Waals surface area (Å²) < 4.78 is 17.4. The van der Waals surface area contributed by atoms with Crippen molar-refractivity contribution in [1.82, 2.24) is 20.4 Å². The van der Waals surface area contributed by atoms with Crippen LogP contribution in [0.2, 0.25) is 0 Å². The number of hydrogen-bond acceptors (Lipinski definition) is 10. The third-order valence-corrected chi connectivity index (χ3v) is 10.1. The van der Waals surface area contributed by atoms with Gasteiger partial charge in [0, 0.05) is 91.4 Å². The van der Waals surface area contributed by atoms with Gasteiger partial charge in [0.1, 0.15) is 17.8 Å². The van der Waals surface area contributed by atoms with Gasteiger partial charge in [-0.25, -0.2) is 0 Å². The predicted molar refractivity (Wildman–Crippen MR) is 168 cm³/mol. The Hall–Kier alpha value is -2.77. The molecule has 0 aliphatic carbocycles. The Labute approximate surface area is 311 Å². The second-order valence-corrected chi connectivity index (χ2v) is 13.4. The van der Waals surface area contributed by atoms with Gasteiger partial charge < -0.3 is 35.1 Å². The molecule has 2 amide bonds. The number of ether oxygens (including phenoxy) is 3. The molecule has 4 aliphatic rings. The molecule has 249 valence electrons. The molecule has 4 heterocycles. The number of phenolic OH excluding ortho intramolecular Hbond substituents is 2. The molecule has 2 aromatic carbocycles. The van der Waals surface area contributed by atoms with Crippen LogP contribution in [-0.4, -0.2) is 83.5 Å². The van der Waals surface area contributed by atoms with Crippen LogP contribution < -0.4 is 24.8 Å². The van der Waals surface area contributed by atoms with E-state index in [1.54, 1.807) is 13.8 Å².